The number of hydrogen-bond acceptors (Lipinski definition) is 4. The van der Waals surface area contributed by atoms with E-state index in [0.29, 0.717) is 24.8 Å². The molecule has 1 unspecified atom stereocenters. The highest BCUT2D eigenvalue weighted by molar-refractivity contribution is 5.80. The summed E-state index contributed by atoms with van der Waals surface area (Å²) in [6.07, 6.45) is 1.47. The van der Waals surface area contributed by atoms with Gasteiger partial charge in [-0.05, 0) is 18.8 Å². The van der Waals surface area contributed by atoms with Crippen molar-refractivity contribution in [2.24, 2.45) is 0 Å². The summed E-state index contributed by atoms with van der Waals surface area (Å²) in [4.78, 5) is 11.7. The number of nitrogens with one attached hydrogen (secondary N) is 1. The van der Waals surface area contributed by atoms with Crippen molar-refractivity contribution in [2.45, 2.75) is 45.3 Å². The summed E-state index contributed by atoms with van der Waals surface area (Å²) in [5, 5.41) is 6.73. The lowest BCUT2D eigenvalue weighted by Gasteiger charge is -2.08. The van der Waals surface area contributed by atoms with Gasteiger partial charge >= 0.3 is 0 Å². The van der Waals surface area contributed by atoms with Crippen LogP contribution in [-0.4, -0.2) is 23.8 Å². The summed E-state index contributed by atoms with van der Waals surface area (Å²) in [5.41, 5.74) is 0.909. The zero-order valence-electron chi connectivity index (χ0n) is 10.2. The maximum Gasteiger partial charge on any atom is 0.249 e. The van der Waals surface area contributed by atoms with Gasteiger partial charge in [-0.2, -0.15) is 0 Å². The van der Waals surface area contributed by atoms with Gasteiger partial charge in [-0.15, -0.1) is 0 Å². The van der Waals surface area contributed by atoms with E-state index >= 15 is 0 Å². The molecule has 1 saturated heterocycles. The molecule has 0 aliphatic carbocycles. The van der Waals surface area contributed by atoms with Gasteiger partial charge in [0, 0.05) is 12.7 Å². The minimum Gasteiger partial charge on any atom is -0.368 e. The van der Waals surface area contributed by atoms with Crippen molar-refractivity contribution in [2.75, 3.05) is 6.61 Å². The Morgan fingerprint density at radius 3 is 3.06 bits per heavy atom. The molecule has 1 aliphatic rings. The van der Waals surface area contributed by atoms with Gasteiger partial charge in [0.2, 0.25) is 5.91 Å². The molecular weight excluding hydrogens is 220 g/mol. The lowest BCUT2D eigenvalue weighted by atomic mass is 10.1. The molecule has 1 fully saturated rings. The quantitative estimate of drug-likeness (QED) is 0.865. The van der Waals surface area contributed by atoms with Crippen LogP contribution in [0.15, 0.2) is 10.6 Å². The topological polar surface area (TPSA) is 64.4 Å². The lowest BCUT2D eigenvalue weighted by molar-refractivity contribution is -0.130. The van der Waals surface area contributed by atoms with E-state index in [1.807, 2.05) is 19.9 Å². The molecule has 17 heavy (non-hydrogen) atoms. The van der Waals surface area contributed by atoms with Crippen molar-refractivity contribution >= 4 is 5.91 Å². The predicted octanol–water partition coefficient (Wildman–Crippen LogP) is 1.59. The van der Waals surface area contributed by atoms with E-state index < -0.39 is 0 Å². The first-order valence-electron chi connectivity index (χ1n) is 6.01. The largest absolute Gasteiger partial charge is 0.368 e. The summed E-state index contributed by atoms with van der Waals surface area (Å²) in [6.45, 7) is 5.15. The molecule has 0 aromatic carbocycles. The smallest absolute Gasteiger partial charge is 0.249 e. The van der Waals surface area contributed by atoms with Gasteiger partial charge in [0.05, 0.1) is 12.2 Å². The monoisotopic (exact) mass is 238 g/mol. The summed E-state index contributed by atoms with van der Waals surface area (Å²) in [7, 11) is 0. The van der Waals surface area contributed by atoms with Gasteiger partial charge in [0.25, 0.3) is 0 Å². The number of carbonyl (C=O) groups excluding carboxylic acids is 1. The van der Waals surface area contributed by atoms with Crippen LogP contribution in [0.25, 0.3) is 0 Å². The summed E-state index contributed by atoms with van der Waals surface area (Å²) < 4.78 is 10.4. The van der Waals surface area contributed by atoms with E-state index in [9.17, 15) is 4.79 Å². The van der Waals surface area contributed by atoms with Crippen LogP contribution < -0.4 is 5.32 Å². The van der Waals surface area contributed by atoms with Crippen molar-refractivity contribution in [1.29, 1.82) is 0 Å². The molecule has 1 amide bonds. The molecule has 0 spiro atoms. The van der Waals surface area contributed by atoms with Gasteiger partial charge in [-0.1, -0.05) is 19.0 Å². The van der Waals surface area contributed by atoms with E-state index in [-0.39, 0.29) is 12.0 Å². The highest BCUT2D eigenvalue weighted by atomic mass is 16.5. The number of ether oxygens (including phenoxy) is 1. The molecule has 0 radical (unpaired) electrons. The first-order valence-corrected chi connectivity index (χ1v) is 6.01. The van der Waals surface area contributed by atoms with Gasteiger partial charge in [-0.25, -0.2) is 0 Å². The molecule has 2 heterocycles. The number of aromatic nitrogens is 1. The molecule has 2 rings (SSSR count). The fourth-order valence-electron chi connectivity index (χ4n) is 1.76. The Morgan fingerprint density at radius 1 is 1.65 bits per heavy atom. The minimum atomic E-state index is -0.289. The van der Waals surface area contributed by atoms with Crippen LogP contribution in [0.1, 0.15) is 44.1 Å². The second kappa shape index (κ2) is 5.31. The van der Waals surface area contributed by atoms with Crippen LogP contribution in [-0.2, 0) is 16.1 Å². The number of rotatable bonds is 4. The molecular formula is C12H18N2O3. The number of nitrogens with zero attached hydrogens (tertiary/aromatic N) is 1. The van der Waals surface area contributed by atoms with Crippen molar-refractivity contribution in [3.8, 4) is 0 Å². The molecule has 1 aliphatic heterocycles. The van der Waals surface area contributed by atoms with Crippen molar-refractivity contribution in [3.05, 3.63) is 17.5 Å². The fourth-order valence-corrected chi connectivity index (χ4v) is 1.76. The second-order valence-corrected chi connectivity index (χ2v) is 4.59. The average Bonchev–Trinajstić information content (AvgIpc) is 2.97. The van der Waals surface area contributed by atoms with Crippen LogP contribution in [0.3, 0.4) is 0 Å². The maximum absolute atomic E-state index is 11.7. The Labute approximate surface area is 101 Å². The molecule has 1 N–H and O–H groups in total. The van der Waals surface area contributed by atoms with Gasteiger partial charge in [0.1, 0.15) is 6.10 Å². The van der Waals surface area contributed by atoms with E-state index in [1.165, 1.54) is 0 Å². The Bertz CT molecular complexity index is 381. The van der Waals surface area contributed by atoms with Crippen LogP contribution in [0.2, 0.25) is 0 Å². The standard InChI is InChI=1S/C12H18N2O3/c1-8(2)10-6-9(17-14-10)7-13-12(15)11-4-3-5-16-11/h6,8,11H,3-5,7H2,1-2H3,(H,13,15). The maximum atomic E-state index is 11.7. The number of carbonyl (C=O) groups is 1. The van der Waals surface area contributed by atoms with Crippen molar-refractivity contribution in [1.82, 2.24) is 10.5 Å². The fraction of sp³-hybridized carbons (Fsp3) is 0.667. The third kappa shape index (κ3) is 3.06. The van der Waals surface area contributed by atoms with Crippen LogP contribution in [0, 0.1) is 0 Å². The summed E-state index contributed by atoms with van der Waals surface area (Å²) >= 11 is 0. The Morgan fingerprint density at radius 2 is 2.47 bits per heavy atom. The van der Waals surface area contributed by atoms with Crippen LogP contribution in [0.5, 0.6) is 0 Å². The first kappa shape index (κ1) is 12.1. The van der Waals surface area contributed by atoms with E-state index in [0.717, 1.165) is 18.5 Å². The van der Waals surface area contributed by atoms with Gasteiger partial charge < -0.3 is 14.6 Å². The van der Waals surface area contributed by atoms with Gasteiger partial charge in [-0.3, -0.25) is 4.79 Å². The zero-order valence-corrected chi connectivity index (χ0v) is 10.2. The normalized spacial score (nSPS) is 19.8. The van der Waals surface area contributed by atoms with E-state index in [1.54, 1.807) is 0 Å². The highest BCUT2D eigenvalue weighted by Crippen LogP contribution is 2.15. The third-order valence-electron chi connectivity index (χ3n) is 2.83. The Hall–Kier alpha value is -1.36. The van der Waals surface area contributed by atoms with Crippen molar-refractivity contribution in [3.63, 3.8) is 0 Å². The SMILES string of the molecule is CC(C)c1cc(CNC(=O)C2CCCO2)on1. The average molecular weight is 238 g/mol. The minimum absolute atomic E-state index is 0.0648. The van der Waals surface area contributed by atoms with Gasteiger partial charge in [0.15, 0.2) is 5.76 Å². The molecule has 0 bridgehead atoms. The molecule has 5 heteroatoms. The molecule has 1 aromatic heterocycles. The molecule has 1 aromatic rings. The molecule has 0 saturated carbocycles. The Kier molecular flexibility index (Phi) is 3.78. The predicted molar refractivity (Wildman–Crippen MR) is 61.4 cm³/mol. The van der Waals surface area contributed by atoms with Crippen LogP contribution >= 0.6 is 0 Å². The zero-order chi connectivity index (χ0) is 12.3. The van der Waals surface area contributed by atoms with E-state index in [4.69, 9.17) is 9.26 Å². The summed E-state index contributed by atoms with van der Waals surface area (Å²) in [6, 6.07) is 1.88. The molecule has 5 nitrogen and oxygen atoms in total. The number of amides is 1. The lowest BCUT2D eigenvalue weighted by Crippen LogP contribution is -2.33. The number of hydrogen-bond donors (Lipinski definition) is 1. The molecule has 1 atom stereocenters. The third-order valence-corrected chi connectivity index (χ3v) is 2.83. The first-order chi connectivity index (χ1) is 8.16. The molecule has 94 valence electrons. The summed E-state index contributed by atoms with van der Waals surface area (Å²) in [5.74, 6) is 0.950. The van der Waals surface area contributed by atoms with Crippen LogP contribution in [0.4, 0.5) is 0 Å². The second-order valence-electron chi connectivity index (χ2n) is 4.59. The highest BCUT2D eigenvalue weighted by Gasteiger charge is 2.23. The van der Waals surface area contributed by atoms with Crippen molar-refractivity contribution < 1.29 is 14.1 Å². The Balaban J connectivity index is 1.82. The van der Waals surface area contributed by atoms with E-state index in [2.05, 4.69) is 10.5 Å².